The molecule has 100 valence electrons. The molecule has 0 aliphatic heterocycles. The van der Waals surface area contributed by atoms with Crippen LogP contribution in [0.1, 0.15) is 16.7 Å². The van der Waals surface area contributed by atoms with Crippen molar-refractivity contribution >= 4 is 6.03 Å². The van der Waals surface area contributed by atoms with Gasteiger partial charge in [0, 0.05) is 13.6 Å². The molecular formula is C13H21N3O2. The first kappa shape index (κ1) is 14.3. The topological polar surface area (TPSA) is 67.6 Å². The summed E-state index contributed by atoms with van der Waals surface area (Å²) in [5, 5.41) is 0. The number of amides is 2. The second-order valence-corrected chi connectivity index (χ2v) is 4.40. The Hall–Kier alpha value is -1.75. The van der Waals surface area contributed by atoms with Crippen molar-refractivity contribution in [3.05, 3.63) is 28.8 Å². The van der Waals surface area contributed by atoms with E-state index in [1.165, 1.54) is 10.5 Å². The highest BCUT2D eigenvalue weighted by molar-refractivity contribution is 5.73. The minimum absolute atomic E-state index is 0.293. The van der Waals surface area contributed by atoms with E-state index < -0.39 is 0 Å². The van der Waals surface area contributed by atoms with Gasteiger partial charge in [0.25, 0.3) is 0 Å². The lowest BCUT2D eigenvalue weighted by Gasteiger charge is -2.18. The smallest absolute Gasteiger partial charge is 0.331 e. The van der Waals surface area contributed by atoms with Gasteiger partial charge in [-0.2, -0.15) is 0 Å². The van der Waals surface area contributed by atoms with E-state index in [9.17, 15) is 4.79 Å². The van der Waals surface area contributed by atoms with Gasteiger partial charge in [0.2, 0.25) is 0 Å². The first-order valence-corrected chi connectivity index (χ1v) is 5.85. The Morgan fingerprint density at radius 1 is 1.44 bits per heavy atom. The molecule has 5 heteroatoms. The van der Waals surface area contributed by atoms with Crippen LogP contribution in [0.25, 0.3) is 0 Å². The van der Waals surface area contributed by atoms with Crippen LogP contribution in [0, 0.1) is 13.8 Å². The fourth-order valence-corrected chi connectivity index (χ4v) is 2.02. The molecule has 5 nitrogen and oxygen atoms in total. The molecule has 3 N–H and O–H groups in total. The van der Waals surface area contributed by atoms with Crippen molar-refractivity contribution in [3.8, 4) is 5.75 Å². The number of benzene rings is 1. The number of carbonyl (C=O) groups is 1. The van der Waals surface area contributed by atoms with Crippen molar-refractivity contribution < 1.29 is 9.53 Å². The van der Waals surface area contributed by atoms with Crippen LogP contribution in [0.3, 0.4) is 0 Å². The van der Waals surface area contributed by atoms with Crippen molar-refractivity contribution in [3.63, 3.8) is 0 Å². The molecule has 0 fully saturated rings. The molecule has 0 aliphatic rings. The average Bonchev–Trinajstić information content (AvgIpc) is 2.34. The van der Waals surface area contributed by atoms with Gasteiger partial charge in [0.1, 0.15) is 5.75 Å². The molecule has 0 saturated heterocycles. The van der Waals surface area contributed by atoms with Crippen molar-refractivity contribution in [1.29, 1.82) is 0 Å². The number of likely N-dealkylation sites (N-methyl/N-ethyl adjacent to an activating group) is 1. The van der Waals surface area contributed by atoms with Gasteiger partial charge in [0.05, 0.1) is 7.11 Å². The van der Waals surface area contributed by atoms with Crippen LogP contribution in [-0.4, -0.2) is 31.6 Å². The lowest BCUT2D eigenvalue weighted by Crippen LogP contribution is -2.42. The number of nitrogens with one attached hydrogen (secondary N) is 1. The van der Waals surface area contributed by atoms with E-state index in [4.69, 9.17) is 10.6 Å². The molecule has 0 aliphatic carbocycles. The number of hydrazine groups is 1. The maximum absolute atomic E-state index is 11.3. The van der Waals surface area contributed by atoms with Gasteiger partial charge in [-0.15, -0.1) is 0 Å². The number of methoxy groups -OCH3 is 1. The van der Waals surface area contributed by atoms with Crippen LogP contribution in [-0.2, 0) is 6.42 Å². The number of urea groups is 1. The van der Waals surface area contributed by atoms with Gasteiger partial charge in [-0.1, -0.05) is 17.7 Å². The van der Waals surface area contributed by atoms with E-state index in [0.717, 1.165) is 23.3 Å². The monoisotopic (exact) mass is 251 g/mol. The molecule has 0 saturated carbocycles. The Morgan fingerprint density at radius 3 is 2.67 bits per heavy atom. The zero-order chi connectivity index (χ0) is 13.7. The average molecular weight is 251 g/mol. The molecule has 0 atom stereocenters. The highest BCUT2D eigenvalue weighted by Crippen LogP contribution is 2.25. The summed E-state index contributed by atoms with van der Waals surface area (Å²) in [6.07, 6.45) is 0.732. The summed E-state index contributed by atoms with van der Waals surface area (Å²) < 4.78 is 5.41. The lowest BCUT2D eigenvalue weighted by molar-refractivity contribution is 0.209. The van der Waals surface area contributed by atoms with Crippen LogP contribution >= 0.6 is 0 Å². The molecule has 0 bridgehead atoms. The standard InChI is InChI=1S/C13H21N3O2/c1-9-7-10(2)12(18-4)11(8-9)5-6-16(3)13(17)15-14/h7-8H,5-6,14H2,1-4H3,(H,15,17). The SMILES string of the molecule is COc1c(C)cc(C)cc1CCN(C)C(=O)NN. The number of hydrogen-bond acceptors (Lipinski definition) is 3. The zero-order valence-electron chi connectivity index (χ0n) is 11.4. The second kappa shape index (κ2) is 6.26. The molecule has 0 unspecified atom stereocenters. The molecule has 18 heavy (non-hydrogen) atoms. The van der Waals surface area contributed by atoms with E-state index in [1.54, 1.807) is 14.2 Å². The maximum atomic E-state index is 11.3. The van der Waals surface area contributed by atoms with E-state index in [0.29, 0.717) is 6.54 Å². The molecule has 0 heterocycles. The number of aryl methyl sites for hydroxylation is 2. The maximum Gasteiger partial charge on any atom is 0.331 e. The van der Waals surface area contributed by atoms with Crippen LogP contribution in [0.2, 0.25) is 0 Å². The lowest BCUT2D eigenvalue weighted by atomic mass is 10.0. The zero-order valence-corrected chi connectivity index (χ0v) is 11.4. The van der Waals surface area contributed by atoms with Crippen molar-refractivity contribution in [1.82, 2.24) is 10.3 Å². The number of nitrogens with two attached hydrogens (primary N) is 1. The van der Waals surface area contributed by atoms with Crippen LogP contribution in [0.5, 0.6) is 5.75 Å². The molecule has 1 aromatic carbocycles. The van der Waals surface area contributed by atoms with Crippen molar-refractivity contribution in [2.45, 2.75) is 20.3 Å². The van der Waals surface area contributed by atoms with Gasteiger partial charge < -0.3 is 9.64 Å². The highest BCUT2D eigenvalue weighted by Gasteiger charge is 2.11. The Bertz CT molecular complexity index is 432. The van der Waals surface area contributed by atoms with Gasteiger partial charge >= 0.3 is 6.03 Å². The number of ether oxygens (including phenoxy) is 1. The summed E-state index contributed by atoms with van der Waals surface area (Å²) >= 11 is 0. The Labute approximate surface area is 108 Å². The largest absolute Gasteiger partial charge is 0.496 e. The van der Waals surface area contributed by atoms with E-state index in [-0.39, 0.29) is 6.03 Å². The molecule has 1 aromatic rings. The molecule has 0 radical (unpaired) electrons. The summed E-state index contributed by atoms with van der Waals surface area (Å²) in [5.41, 5.74) is 5.51. The Kier molecular flexibility index (Phi) is 4.97. The first-order chi connectivity index (χ1) is 8.49. The number of carbonyl (C=O) groups excluding carboxylic acids is 1. The van der Waals surface area contributed by atoms with Crippen LogP contribution < -0.4 is 16.0 Å². The van der Waals surface area contributed by atoms with E-state index in [2.05, 4.69) is 17.6 Å². The Morgan fingerprint density at radius 2 is 2.11 bits per heavy atom. The van der Waals surface area contributed by atoms with Gasteiger partial charge in [-0.3, -0.25) is 5.43 Å². The van der Waals surface area contributed by atoms with Crippen molar-refractivity contribution in [2.75, 3.05) is 20.7 Å². The molecular weight excluding hydrogens is 230 g/mol. The van der Waals surface area contributed by atoms with Gasteiger partial charge in [0.15, 0.2) is 0 Å². The second-order valence-electron chi connectivity index (χ2n) is 4.40. The Balaban J connectivity index is 2.81. The van der Waals surface area contributed by atoms with Crippen LogP contribution in [0.4, 0.5) is 4.79 Å². The van der Waals surface area contributed by atoms with E-state index in [1.807, 2.05) is 13.8 Å². The van der Waals surface area contributed by atoms with Gasteiger partial charge in [-0.05, 0) is 31.4 Å². The molecule has 0 spiro atoms. The summed E-state index contributed by atoms with van der Waals surface area (Å²) in [5.74, 6) is 5.97. The van der Waals surface area contributed by atoms with E-state index >= 15 is 0 Å². The molecule has 1 rings (SSSR count). The minimum Gasteiger partial charge on any atom is -0.496 e. The third kappa shape index (κ3) is 3.37. The minimum atomic E-state index is -0.293. The number of hydrogen-bond donors (Lipinski definition) is 2. The molecule has 0 aromatic heterocycles. The third-order valence-corrected chi connectivity index (χ3v) is 2.89. The summed E-state index contributed by atoms with van der Waals surface area (Å²) in [7, 11) is 3.37. The number of rotatable bonds is 4. The first-order valence-electron chi connectivity index (χ1n) is 5.85. The summed E-state index contributed by atoms with van der Waals surface area (Å²) in [4.78, 5) is 12.8. The fourth-order valence-electron chi connectivity index (χ4n) is 2.02. The quantitative estimate of drug-likeness (QED) is 0.482. The number of nitrogens with zero attached hydrogens (tertiary/aromatic N) is 1. The van der Waals surface area contributed by atoms with Gasteiger partial charge in [-0.25, -0.2) is 10.6 Å². The fraction of sp³-hybridized carbons (Fsp3) is 0.462. The third-order valence-electron chi connectivity index (χ3n) is 2.89. The molecule has 2 amide bonds. The predicted molar refractivity (Wildman–Crippen MR) is 71.5 cm³/mol. The predicted octanol–water partition coefficient (Wildman–Crippen LogP) is 1.37. The van der Waals surface area contributed by atoms with Crippen molar-refractivity contribution in [2.24, 2.45) is 5.84 Å². The van der Waals surface area contributed by atoms with Crippen LogP contribution in [0.15, 0.2) is 12.1 Å². The highest BCUT2D eigenvalue weighted by atomic mass is 16.5. The summed E-state index contributed by atoms with van der Waals surface area (Å²) in [6.45, 7) is 4.65. The summed E-state index contributed by atoms with van der Waals surface area (Å²) in [6, 6.07) is 3.87. The normalized spacial score (nSPS) is 10.1.